The van der Waals surface area contributed by atoms with Crippen molar-refractivity contribution in [1.29, 1.82) is 0 Å². The highest BCUT2D eigenvalue weighted by molar-refractivity contribution is 5.74. The average Bonchev–Trinajstić information content (AvgIpc) is 2.52. The van der Waals surface area contributed by atoms with Crippen LogP contribution < -0.4 is 11.3 Å². The molecule has 0 amide bonds. The van der Waals surface area contributed by atoms with Gasteiger partial charge in [0.05, 0.1) is 13.0 Å². The largest absolute Gasteiger partial charge is 0.469 e. The summed E-state index contributed by atoms with van der Waals surface area (Å²) in [7, 11) is 1.50. The molecule has 0 aliphatic heterocycles. The first-order chi connectivity index (χ1) is 10.5. The number of fused-ring (bicyclic) bond motifs is 3. The lowest BCUT2D eigenvalue weighted by Gasteiger charge is -2.49. The molecule has 22 heavy (non-hydrogen) atoms. The third-order valence-electron chi connectivity index (χ3n) is 5.85. The van der Waals surface area contributed by atoms with Gasteiger partial charge in [-0.1, -0.05) is 24.1 Å². The zero-order valence-electron chi connectivity index (χ0n) is 13.7. The third kappa shape index (κ3) is 2.21. The van der Waals surface area contributed by atoms with Crippen molar-refractivity contribution < 1.29 is 9.53 Å². The number of carbonyl (C=O) groups is 1. The maximum absolute atomic E-state index is 12.1. The molecule has 3 rings (SSSR count). The number of hydrogen-bond acceptors (Lipinski definition) is 4. The van der Waals surface area contributed by atoms with Crippen LogP contribution in [0.15, 0.2) is 34.6 Å². The smallest absolute Gasteiger partial charge is 0.309 e. The summed E-state index contributed by atoms with van der Waals surface area (Å²) in [5, 5.41) is 0. The Balaban J connectivity index is 1.97. The summed E-state index contributed by atoms with van der Waals surface area (Å²) in [6.45, 7) is 4.46. The van der Waals surface area contributed by atoms with Crippen LogP contribution in [-0.2, 0) is 9.53 Å². The van der Waals surface area contributed by atoms with Gasteiger partial charge >= 0.3 is 5.97 Å². The summed E-state index contributed by atoms with van der Waals surface area (Å²) in [4.78, 5) is 12.1. The Morgan fingerprint density at radius 1 is 1.45 bits per heavy atom. The maximum atomic E-state index is 12.1. The summed E-state index contributed by atoms with van der Waals surface area (Å²) >= 11 is 0. The van der Waals surface area contributed by atoms with Crippen LogP contribution in [0.4, 0.5) is 0 Å². The van der Waals surface area contributed by atoms with Crippen LogP contribution >= 0.6 is 0 Å². The van der Waals surface area contributed by atoms with Gasteiger partial charge < -0.3 is 10.2 Å². The Morgan fingerprint density at radius 2 is 2.23 bits per heavy atom. The van der Waals surface area contributed by atoms with Crippen LogP contribution in [0.5, 0.6) is 0 Å². The van der Waals surface area contributed by atoms with Gasteiger partial charge in [-0.3, -0.25) is 10.6 Å². The summed E-state index contributed by atoms with van der Waals surface area (Å²) in [5.74, 6) is 5.97. The molecular weight excluding hydrogens is 276 g/mol. The molecule has 0 spiro atoms. The molecular formula is C18H26N2O2. The fourth-order valence-corrected chi connectivity index (χ4v) is 4.72. The minimum Gasteiger partial charge on any atom is -0.469 e. The molecule has 3 atom stereocenters. The van der Waals surface area contributed by atoms with Crippen molar-refractivity contribution in [1.82, 2.24) is 5.43 Å². The number of hydrogen-bond donors (Lipinski definition) is 2. The predicted molar refractivity (Wildman–Crippen MR) is 86.4 cm³/mol. The molecule has 4 heteroatoms. The molecule has 3 aliphatic rings. The van der Waals surface area contributed by atoms with E-state index in [0.717, 1.165) is 37.8 Å². The zero-order valence-corrected chi connectivity index (χ0v) is 13.7. The second-order valence-electron chi connectivity index (χ2n) is 7.03. The van der Waals surface area contributed by atoms with Crippen molar-refractivity contribution in [2.24, 2.45) is 23.1 Å². The highest BCUT2D eigenvalue weighted by Gasteiger charge is 2.47. The SMILES string of the molecule is COC(=O)C1CCC=C2C1CCC1=CC(NN)=C(C)C[C@@]12C. The van der Waals surface area contributed by atoms with Crippen molar-refractivity contribution in [3.63, 3.8) is 0 Å². The van der Waals surface area contributed by atoms with Gasteiger partial charge in [-0.15, -0.1) is 0 Å². The second kappa shape index (κ2) is 5.58. The molecule has 1 saturated carbocycles. The summed E-state index contributed by atoms with van der Waals surface area (Å²) in [5.41, 5.74) is 8.09. The highest BCUT2D eigenvalue weighted by Crippen LogP contribution is 2.56. The normalized spacial score (nSPS) is 34.2. The van der Waals surface area contributed by atoms with Crippen molar-refractivity contribution in [2.45, 2.75) is 46.0 Å². The van der Waals surface area contributed by atoms with Crippen LogP contribution in [0.3, 0.4) is 0 Å². The van der Waals surface area contributed by atoms with Crippen LogP contribution in [0.1, 0.15) is 46.0 Å². The molecule has 0 aromatic carbocycles. The highest BCUT2D eigenvalue weighted by atomic mass is 16.5. The van der Waals surface area contributed by atoms with E-state index in [2.05, 4.69) is 31.4 Å². The first-order valence-corrected chi connectivity index (χ1v) is 8.17. The first kappa shape index (κ1) is 15.3. The number of nitrogens with one attached hydrogen (secondary N) is 1. The molecule has 3 N–H and O–H groups in total. The van der Waals surface area contributed by atoms with Crippen LogP contribution in [0, 0.1) is 17.3 Å². The number of nitrogens with two attached hydrogens (primary N) is 1. The van der Waals surface area contributed by atoms with Crippen molar-refractivity contribution in [3.8, 4) is 0 Å². The van der Waals surface area contributed by atoms with Crippen molar-refractivity contribution >= 4 is 5.97 Å². The second-order valence-corrected chi connectivity index (χ2v) is 7.03. The molecule has 0 heterocycles. The van der Waals surface area contributed by atoms with Crippen LogP contribution in [0.2, 0.25) is 0 Å². The average molecular weight is 302 g/mol. The molecule has 0 bridgehead atoms. The van der Waals surface area contributed by atoms with Gasteiger partial charge in [0.2, 0.25) is 0 Å². The lowest BCUT2D eigenvalue weighted by atomic mass is 9.55. The van der Waals surface area contributed by atoms with Gasteiger partial charge in [-0.25, -0.2) is 0 Å². The van der Waals surface area contributed by atoms with Gasteiger partial charge in [0.25, 0.3) is 0 Å². The fourth-order valence-electron chi connectivity index (χ4n) is 4.72. The van der Waals surface area contributed by atoms with E-state index >= 15 is 0 Å². The van der Waals surface area contributed by atoms with E-state index in [9.17, 15) is 4.79 Å². The Bertz CT molecular complexity index is 588. The van der Waals surface area contributed by atoms with E-state index in [0.29, 0.717) is 5.92 Å². The minimum atomic E-state index is -0.0426. The molecule has 4 nitrogen and oxygen atoms in total. The van der Waals surface area contributed by atoms with Crippen LogP contribution in [-0.4, -0.2) is 13.1 Å². The monoisotopic (exact) mass is 302 g/mol. The lowest BCUT2D eigenvalue weighted by molar-refractivity contribution is -0.147. The molecule has 1 fully saturated rings. The number of methoxy groups -OCH3 is 1. The Morgan fingerprint density at radius 3 is 2.91 bits per heavy atom. The van der Waals surface area contributed by atoms with Gasteiger partial charge in [0.1, 0.15) is 0 Å². The first-order valence-electron chi connectivity index (χ1n) is 8.17. The molecule has 0 aromatic heterocycles. The quantitative estimate of drug-likeness (QED) is 0.356. The van der Waals surface area contributed by atoms with E-state index in [1.807, 2.05) is 0 Å². The van der Waals surface area contributed by atoms with E-state index in [-0.39, 0.29) is 17.3 Å². The number of esters is 1. The van der Waals surface area contributed by atoms with Gasteiger partial charge in [0, 0.05) is 11.1 Å². The summed E-state index contributed by atoms with van der Waals surface area (Å²) in [6, 6.07) is 0. The van der Waals surface area contributed by atoms with E-state index in [1.165, 1.54) is 23.8 Å². The van der Waals surface area contributed by atoms with E-state index in [4.69, 9.17) is 10.6 Å². The van der Waals surface area contributed by atoms with Crippen molar-refractivity contribution in [3.05, 3.63) is 34.6 Å². The number of carbonyl (C=O) groups excluding carboxylic acids is 1. The topological polar surface area (TPSA) is 64.3 Å². The molecule has 0 saturated heterocycles. The Kier molecular flexibility index (Phi) is 3.89. The van der Waals surface area contributed by atoms with Gasteiger partial charge in [0.15, 0.2) is 0 Å². The van der Waals surface area contributed by atoms with Gasteiger partial charge in [-0.2, -0.15) is 0 Å². The predicted octanol–water partition coefficient (Wildman–Crippen LogP) is 2.98. The van der Waals surface area contributed by atoms with E-state index in [1.54, 1.807) is 0 Å². The molecule has 120 valence electrons. The third-order valence-corrected chi connectivity index (χ3v) is 5.85. The number of ether oxygens (including phenoxy) is 1. The Labute approximate surface area is 132 Å². The van der Waals surface area contributed by atoms with Crippen LogP contribution in [0.25, 0.3) is 0 Å². The Hall–Kier alpha value is -1.55. The number of allylic oxidation sites excluding steroid dienone is 5. The molecule has 0 radical (unpaired) electrons. The standard InChI is InChI=1S/C18H26N2O2/c1-11-10-18(2)12(9-16(11)20-19)7-8-13-14(17(21)22-3)5-4-6-15(13)18/h6,9,13-14,20H,4-5,7-8,10,19H2,1-3H3/t13?,14?,18-/m0/s1. The fraction of sp³-hybridized carbons (Fsp3) is 0.611. The minimum absolute atomic E-state index is 0.0293. The molecule has 3 aliphatic carbocycles. The maximum Gasteiger partial charge on any atom is 0.309 e. The zero-order chi connectivity index (χ0) is 15.9. The number of hydrazine groups is 1. The summed E-state index contributed by atoms with van der Waals surface area (Å²) in [6.07, 6.45) is 9.53. The van der Waals surface area contributed by atoms with Gasteiger partial charge in [-0.05, 0) is 56.6 Å². The lowest BCUT2D eigenvalue weighted by Crippen LogP contribution is -2.41. The molecule has 2 unspecified atom stereocenters. The van der Waals surface area contributed by atoms with Crippen molar-refractivity contribution in [2.75, 3.05) is 7.11 Å². The van der Waals surface area contributed by atoms with E-state index < -0.39 is 0 Å². The summed E-state index contributed by atoms with van der Waals surface area (Å²) < 4.78 is 5.05. The number of rotatable bonds is 2. The molecule has 0 aromatic rings.